The SMILES string of the molecule is CCCC(C)NC(=O)COC(=O)c1ccc2ncsc2c1. The molecule has 5 nitrogen and oxygen atoms in total. The highest BCUT2D eigenvalue weighted by Gasteiger charge is 2.12. The molecule has 0 saturated carbocycles. The Hall–Kier alpha value is -1.95. The summed E-state index contributed by atoms with van der Waals surface area (Å²) in [6.07, 6.45) is 1.90. The molecule has 0 radical (unpaired) electrons. The minimum atomic E-state index is -0.497. The van der Waals surface area contributed by atoms with Crippen LogP contribution in [0.2, 0.25) is 0 Å². The average molecular weight is 306 g/mol. The number of fused-ring (bicyclic) bond motifs is 1. The molecule has 2 aromatic rings. The van der Waals surface area contributed by atoms with Gasteiger partial charge in [0.25, 0.3) is 5.91 Å². The van der Waals surface area contributed by atoms with Crippen molar-refractivity contribution in [3.8, 4) is 0 Å². The molecule has 21 heavy (non-hydrogen) atoms. The molecule has 0 fully saturated rings. The lowest BCUT2D eigenvalue weighted by Gasteiger charge is -2.12. The van der Waals surface area contributed by atoms with Crippen LogP contribution < -0.4 is 5.32 Å². The fourth-order valence-electron chi connectivity index (χ4n) is 2.02. The van der Waals surface area contributed by atoms with Crippen LogP contribution in [0.4, 0.5) is 0 Å². The zero-order chi connectivity index (χ0) is 15.2. The first-order chi connectivity index (χ1) is 10.1. The maximum Gasteiger partial charge on any atom is 0.338 e. The zero-order valence-corrected chi connectivity index (χ0v) is 12.9. The number of hydrogen-bond acceptors (Lipinski definition) is 5. The van der Waals surface area contributed by atoms with Gasteiger partial charge >= 0.3 is 5.97 Å². The molecule has 1 amide bonds. The monoisotopic (exact) mass is 306 g/mol. The van der Waals surface area contributed by atoms with E-state index in [4.69, 9.17) is 4.74 Å². The van der Waals surface area contributed by atoms with Gasteiger partial charge in [0, 0.05) is 6.04 Å². The predicted octanol–water partition coefficient (Wildman–Crippen LogP) is 2.76. The van der Waals surface area contributed by atoms with Gasteiger partial charge in [0.1, 0.15) is 0 Å². The van der Waals surface area contributed by atoms with Gasteiger partial charge in [-0.3, -0.25) is 4.79 Å². The Morgan fingerprint density at radius 2 is 2.24 bits per heavy atom. The molecule has 0 spiro atoms. The minimum absolute atomic E-state index is 0.0924. The summed E-state index contributed by atoms with van der Waals surface area (Å²) in [5.41, 5.74) is 3.01. The van der Waals surface area contributed by atoms with Gasteiger partial charge in [-0.1, -0.05) is 13.3 Å². The van der Waals surface area contributed by atoms with Crippen LogP contribution in [0.25, 0.3) is 10.2 Å². The molecule has 0 saturated heterocycles. The van der Waals surface area contributed by atoms with Crippen molar-refractivity contribution >= 4 is 33.4 Å². The molecule has 1 aromatic carbocycles. The standard InChI is InChI=1S/C15H18N2O3S/c1-3-4-10(2)17-14(18)8-20-15(19)11-5-6-12-13(7-11)21-9-16-12/h5-7,9-10H,3-4,8H2,1-2H3,(H,17,18). The molecule has 1 unspecified atom stereocenters. The summed E-state index contributed by atoms with van der Waals surface area (Å²) in [5.74, 6) is -0.772. The number of carbonyl (C=O) groups is 2. The normalized spacial score (nSPS) is 12.1. The summed E-state index contributed by atoms with van der Waals surface area (Å²) >= 11 is 1.46. The number of nitrogens with zero attached hydrogens (tertiary/aromatic N) is 1. The van der Waals surface area contributed by atoms with Crippen LogP contribution in [0.3, 0.4) is 0 Å². The largest absolute Gasteiger partial charge is 0.452 e. The Bertz CT molecular complexity index is 639. The van der Waals surface area contributed by atoms with Gasteiger partial charge in [-0.25, -0.2) is 9.78 Å². The van der Waals surface area contributed by atoms with Gasteiger partial charge in [0.15, 0.2) is 6.61 Å². The molecule has 1 aromatic heterocycles. The third-order valence-electron chi connectivity index (χ3n) is 3.03. The lowest BCUT2D eigenvalue weighted by molar-refractivity contribution is -0.124. The second kappa shape index (κ2) is 7.17. The lowest BCUT2D eigenvalue weighted by atomic mass is 10.2. The lowest BCUT2D eigenvalue weighted by Crippen LogP contribution is -2.35. The first-order valence-electron chi connectivity index (χ1n) is 6.90. The number of ether oxygens (including phenoxy) is 1. The minimum Gasteiger partial charge on any atom is -0.452 e. The number of amides is 1. The Morgan fingerprint density at radius 3 is 3.00 bits per heavy atom. The molecule has 6 heteroatoms. The number of thiazole rings is 1. The van der Waals surface area contributed by atoms with Crippen LogP contribution in [-0.2, 0) is 9.53 Å². The molecule has 1 N–H and O–H groups in total. The average Bonchev–Trinajstić information content (AvgIpc) is 2.92. The van der Waals surface area contributed by atoms with E-state index in [1.807, 2.05) is 6.92 Å². The topological polar surface area (TPSA) is 68.3 Å². The van der Waals surface area contributed by atoms with Crippen molar-refractivity contribution in [3.63, 3.8) is 0 Å². The van der Waals surface area contributed by atoms with Crippen LogP contribution in [-0.4, -0.2) is 29.5 Å². The maximum absolute atomic E-state index is 11.9. The van der Waals surface area contributed by atoms with Crippen LogP contribution in [0.1, 0.15) is 37.0 Å². The van der Waals surface area contributed by atoms with Crippen LogP contribution in [0.15, 0.2) is 23.7 Å². The van der Waals surface area contributed by atoms with E-state index in [1.54, 1.807) is 23.7 Å². The fourth-order valence-corrected chi connectivity index (χ4v) is 2.73. The van der Waals surface area contributed by atoms with E-state index >= 15 is 0 Å². The molecule has 1 heterocycles. The van der Waals surface area contributed by atoms with Crippen LogP contribution in [0, 0.1) is 0 Å². The van der Waals surface area contributed by atoms with E-state index in [9.17, 15) is 9.59 Å². The molecule has 1 atom stereocenters. The highest BCUT2D eigenvalue weighted by atomic mass is 32.1. The number of carbonyl (C=O) groups excluding carboxylic acids is 2. The number of hydrogen-bond donors (Lipinski definition) is 1. The van der Waals surface area contributed by atoms with Crippen molar-refractivity contribution in [3.05, 3.63) is 29.3 Å². The Labute approximate surface area is 127 Å². The second-order valence-corrected chi connectivity index (χ2v) is 5.75. The van der Waals surface area contributed by atoms with Crippen molar-refractivity contribution in [2.75, 3.05) is 6.61 Å². The Morgan fingerprint density at radius 1 is 1.43 bits per heavy atom. The number of benzene rings is 1. The molecule has 0 aliphatic rings. The quantitative estimate of drug-likeness (QED) is 0.833. The van der Waals surface area contributed by atoms with E-state index in [-0.39, 0.29) is 18.6 Å². The maximum atomic E-state index is 11.9. The summed E-state index contributed by atoms with van der Waals surface area (Å²) in [5, 5.41) is 2.79. The highest BCUT2D eigenvalue weighted by molar-refractivity contribution is 7.16. The van der Waals surface area contributed by atoms with E-state index in [0.29, 0.717) is 5.56 Å². The first-order valence-corrected chi connectivity index (χ1v) is 7.78. The molecule has 0 bridgehead atoms. The summed E-state index contributed by atoms with van der Waals surface area (Å²) < 4.78 is 5.95. The summed E-state index contributed by atoms with van der Waals surface area (Å²) in [7, 11) is 0. The molecule has 2 rings (SSSR count). The van der Waals surface area contributed by atoms with Gasteiger partial charge in [0.05, 0.1) is 21.3 Å². The summed E-state index contributed by atoms with van der Waals surface area (Å²) in [6.45, 7) is 3.73. The highest BCUT2D eigenvalue weighted by Crippen LogP contribution is 2.19. The molecule has 0 aliphatic heterocycles. The fraction of sp³-hybridized carbons (Fsp3) is 0.400. The number of rotatable bonds is 6. The Kier molecular flexibility index (Phi) is 5.27. The van der Waals surface area contributed by atoms with Gasteiger partial charge < -0.3 is 10.1 Å². The summed E-state index contributed by atoms with van der Waals surface area (Å²) in [4.78, 5) is 27.7. The van der Waals surface area contributed by atoms with Gasteiger partial charge in [-0.2, -0.15) is 0 Å². The molecular weight excluding hydrogens is 288 g/mol. The number of nitrogens with one attached hydrogen (secondary N) is 1. The van der Waals surface area contributed by atoms with Gasteiger partial charge in [-0.05, 0) is 31.5 Å². The van der Waals surface area contributed by atoms with E-state index in [2.05, 4.69) is 17.2 Å². The zero-order valence-electron chi connectivity index (χ0n) is 12.1. The van der Waals surface area contributed by atoms with Crippen molar-refractivity contribution in [2.24, 2.45) is 0 Å². The van der Waals surface area contributed by atoms with Crippen LogP contribution >= 0.6 is 11.3 Å². The molecular formula is C15H18N2O3S. The smallest absolute Gasteiger partial charge is 0.338 e. The van der Waals surface area contributed by atoms with Crippen molar-refractivity contribution in [1.82, 2.24) is 10.3 Å². The van der Waals surface area contributed by atoms with E-state index in [1.165, 1.54) is 11.3 Å². The van der Waals surface area contributed by atoms with Crippen molar-refractivity contribution < 1.29 is 14.3 Å². The molecule has 112 valence electrons. The molecule has 0 aliphatic carbocycles. The summed E-state index contributed by atoms with van der Waals surface area (Å²) in [6, 6.07) is 5.25. The van der Waals surface area contributed by atoms with Gasteiger partial charge in [0.2, 0.25) is 0 Å². The first kappa shape index (κ1) is 15.4. The predicted molar refractivity (Wildman–Crippen MR) is 82.4 cm³/mol. The second-order valence-electron chi connectivity index (χ2n) is 4.87. The third kappa shape index (κ3) is 4.26. The number of esters is 1. The van der Waals surface area contributed by atoms with Crippen molar-refractivity contribution in [2.45, 2.75) is 32.7 Å². The van der Waals surface area contributed by atoms with Crippen molar-refractivity contribution in [1.29, 1.82) is 0 Å². The van der Waals surface area contributed by atoms with E-state index in [0.717, 1.165) is 23.1 Å². The van der Waals surface area contributed by atoms with E-state index < -0.39 is 5.97 Å². The number of aromatic nitrogens is 1. The third-order valence-corrected chi connectivity index (χ3v) is 3.82. The van der Waals surface area contributed by atoms with Gasteiger partial charge in [-0.15, -0.1) is 11.3 Å². The van der Waals surface area contributed by atoms with Crippen LogP contribution in [0.5, 0.6) is 0 Å². The Balaban J connectivity index is 1.87.